The van der Waals surface area contributed by atoms with Gasteiger partial charge in [-0.1, -0.05) is 42.5 Å². The second kappa shape index (κ2) is 8.75. The molecule has 0 aliphatic rings. The van der Waals surface area contributed by atoms with Crippen molar-refractivity contribution in [2.45, 2.75) is 38.1 Å². The minimum Gasteiger partial charge on any atom is -0.384 e. The lowest BCUT2D eigenvalue weighted by Gasteiger charge is -2.21. The van der Waals surface area contributed by atoms with Gasteiger partial charge in [-0.15, -0.1) is 0 Å². The predicted molar refractivity (Wildman–Crippen MR) is 137 cm³/mol. The average molecular weight is 490 g/mol. The van der Waals surface area contributed by atoms with E-state index < -0.39 is 15.6 Å². The van der Waals surface area contributed by atoms with Crippen LogP contribution in [0.3, 0.4) is 0 Å². The molecule has 1 heterocycles. The molecule has 0 atom stereocenters. The first-order valence-electron chi connectivity index (χ1n) is 11.0. The second-order valence-electron chi connectivity index (χ2n) is 9.41. The Hall–Kier alpha value is -3.82. The summed E-state index contributed by atoms with van der Waals surface area (Å²) in [5, 5.41) is 7.79. The van der Waals surface area contributed by atoms with Crippen LogP contribution in [0, 0.1) is 12.3 Å². The number of sulfonamides is 1. The molecule has 3 aromatic carbocycles. The Balaban J connectivity index is 1.74. The number of rotatable bonds is 6. The number of H-pyrrole nitrogens is 1. The van der Waals surface area contributed by atoms with E-state index in [1.54, 1.807) is 88.4 Å². The van der Waals surface area contributed by atoms with Gasteiger partial charge in [0.2, 0.25) is 10.0 Å². The zero-order valence-electron chi connectivity index (χ0n) is 19.9. The molecule has 0 aliphatic carbocycles. The van der Waals surface area contributed by atoms with Gasteiger partial charge in [-0.25, -0.2) is 18.1 Å². The largest absolute Gasteiger partial charge is 0.384 e. The van der Waals surface area contributed by atoms with Crippen molar-refractivity contribution in [3.05, 3.63) is 83.2 Å². The maximum Gasteiger partial charge on any atom is 0.241 e. The van der Waals surface area contributed by atoms with Gasteiger partial charge in [-0.3, -0.25) is 10.2 Å². The number of carbonyl (C=O) groups excluding carboxylic acids is 1. The van der Waals surface area contributed by atoms with Crippen LogP contribution >= 0.6 is 0 Å². The molecule has 9 heteroatoms. The normalized spacial score (nSPS) is 12.1. The summed E-state index contributed by atoms with van der Waals surface area (Å²) >= 11 is 0. The molecule has 180 valence electrons. The molecule has 4 aromatic rings. The van der Waals surface area contributed by atoms with E-state index in [0.29, 0.717) is 44.7 Å². The predicted octanol–water partition coefficient (Wildman–Crippen LogP) is 4.13. The van der Waals surface area contributed by atoms with Crippen molar-refractivity contribution >= 4 is 32.7 Å². The smallest absolute Gasteiger partial charge is 0.241 e. The number of hydrogen-bond acceptors (Lipinski definition) is 5. The van der Waals surface area contributed by atoms with Crippen LogP contribution in [0.1, 0.15) is 48.1 Å². The molecular weight excluding hydrogens is 462 g/mol. The van der Waals surface area contributed by atoms with Crippen molar-refractivity contribution < 1.29 is 13.2 Å². The van der Waals surface area contributed by atoms with Crippen molar-refractivity contribution in [1.82, 2.24) is 14.7 Å². The number of nitrogens with zero attached hydrogens (tertiary/aromatic N) is 1. The second-order valence-corrected chi connectivity index (χ2v) is 11.1. The third kappa shape index (κ3) is 5.01. The average Bonchev–Trinajstić information content (AvgIpc) is 3.16. The van der Waals surface area contributed by atoms with E-state index in [1.807, 2.05) is 0 Å². The fourth-order valence-corrected chi connectivity index (χ4v) is 5.57. The Labute approximate surface area is 204 Å². The summed E-state index contributed by atoms with van der Waals surface area (Å²) in [7, 11) is -3.76. The molecule has 4 rings (SSSR count). The number of amidine groups is 1. The summed E-state index contributed by atoms with van der Waals surface area (Å²) in [6.45, 7) is 7.14. The van der Waals surface area contributed by atoms with Gasteiger partial charge < -0.3 is 10.7 Å². The summed E-state index contributed by atoms with van der Waals surface area (Å²) < 4.78 is 28.7. The lowest BCUT2D eigenvalue weighted by atomic mass is 9.97. The highest BCUT2D eigenvalue weighted by molar-refractivity contribution is 7.89. The summed E-state index contributed by atoms with van der Waals surface area (Å²) in [6.07, 6.45) is 0. The van der Waals surface area contributed by atoms with Crippen molar-refractivity contribution in [2.24, 2.45) is 5.73 Å². The summed E-state index contributed by atoms with van der Waals surface area (Å²) in [4.78, 5) is 21.1. The number of nitrogen functional groups attached to an aromatic ring is 1. The summed E-state index contributed by atoms with van der Waals surface area (Å²) in [6, 6.07) is 16.8. The van der Waals surface area contributed by atoms with E-state index in [2.05, 4.69) is 14.7 Å². The van der Waals surface area contributed by atoms with Crippen LogP contribution in [0.2, 0.25) is 0 Å². The van der Waals surface area contributed by atoms with Crippen LogP contribution in [-0.2, 0) is 10.0 Å². The Morgan fingerprint density at radius 1 is 1.03 bits per heavy atom. The quantitative estimate of drug-likeness (QED) is 0.183. The van der Waals surface area contributed by atoms with Crippen LogP contribution in [0.25, 0.3) is 22.2 Å². The third-order valence-corrected chi connectivity index (χ3v) is 7.15. The topological polar surface area (TPSA) is 142 Å². The van der Waals surface area contributed by atoms with Crippen molar-refractivity contribution in [3.8, 4) is 11.1 Å². The minimum absolute atomic E-state index is 0.148. The number of benzene rings is 3. The fraction of sp³-hybridized carbons (Fsp3) is 0.192. The highest BCUT2D eigenvalue weighted by atomic mass is 32.2. The van der Waals surface area contributed by atoms with Gasteiger partial charge >= 0.3 is 0 Å². The molecule has 35 heavy (non-hydrogen) atoms. The van der Waals surface area contributed by atoms with Crippen LogP contribution in [-0.4, -0.2) is 35.5 Å². The molecule has 0 bridgehead atoms. The first-order chi connectivity index (χ1) is 16.4. The molecule has 0 saturated carbocycles. The molecule has 8 nitrogen and oxygen atoms in total. The number of nitrogens with two attached hydrogens (primary N) is 1. The Morgan fingerprint density at radius 3 is 2.31 bits per heavy atom. The third-order valence-electron chi connectivity index (χ3n) is 5.34. The molecule has 0 saturated heterocycles. The van der Waals surface area contributed by atoms with Crippen LogP contribution in [0.5, 0.6) is 0 Å². The van der Waals surface area contributed by atoms with Gasteiger partial charge in [0, 0.05) is 22.2 Å². The van der Waals surface area contributed by atoms with Gasteiger partial charge in [-0.05, 0) is 51.5 Å². The van der Waals surface area contributed by atoms with E-state index in [9.17, 15) is 13.2 Å². The van der Waals surface area contributed by atoms with Gasteiger partial charge in [0.1, 0.15) is 11.7 Å². The Kier molecular flexibility index (Phi) is 6.08. The molecule has 5 N–H and O–H groups in total. The summed E-state index contributed by atoms with van der Waals surface area (Å²) in [5.41, 5.74) is 8.53. The number of imidazole rings is 1. The van der Waals surface area contributed by atoms with Gasteiger partial charge in [0.15, 0.2) is 5.78 Å². The van der Waals surface area contributed by atoms with E-state index in [-0.39, 0.29) is 16.5 Å². The summed E-state index contributed by atoms with van der Waals surface area (Å²) in [5.74, 6) is 0.225. The lowest BCUT2D eigenvalue weighted by molar-refractivity contribution is 0.104. The van der Waals surface area contributed by atoms with E-state index in [1.165, 1.54) is 0 Å². The van der Waals surface area contributed by atoms with Gasteiger partial charge in [0.25, 0.3) is 0 Å². The van der Waals surface area contributed by atoms with Crippen LogP contribution in [0.15, 0.2) is 65.6 Å². The number of aromatic amines is 1. The standard InChI is InChI=1S/C26H27N5O3S/c1-15-29-21-14-18(25(27)28)13-20(23(21)30-15)24(32)17-11-9-16(10-12-17)19-7-5-6-8-22(19)35(33,34)31-26(2,3)4/h5-14,31H,1-4H3,(H3,27,28)(H,29,30). The highest BCUT2D eigenvalue weighted by Gasteiger charge is 2.25. The molecule has 0 radical (unpaired) electrons. The van der Waals surface area contributed by atoms with Crippen LogP contribution < -0.4 is 10.5 Å². The monoisotopic (exact) mass is 489 g/mol. The Morgan fingerprint density at radius 2 is 1.69 bits per heavy atom. The highest BCUT2D eigenvalue weighted by Crippen LogP contribution is 2.29. The van der Waals surface area contributed by atoms with Gasteiger partial charge in [0.05, 0.1) is 21.5 Å². The number of fused-ring (bicyclic) bond motifs is 1. The number of nitrogens with one attached hydrogen (secondary N) is 3. The van der Waals surface area contributed by atoms with E-state index in [0.717, 1.165) is 0 Å². The van der Waals surface area contributed by atoms with E-state index >= 15 is 0 Å². The lowest BCUT2D eigenvalue weighted by Crippen LogP contribution is -2.40. The van der Waals surface area contributed by atoms with Gasteiger partial charge in [-0.2, -0.15) is 0 Å². The molecule has 0 fully saturated rings. The molecular formula is C26H27N5O3S. The maximum absolute atomic E-state index is 13.4. The number of ketones is 1. The molecule has 1 aromatic heterocycles. The number of aryl methyl sites for hydroxylation is 1. The number of carbonyl (C=O) groups is 1. The molecule has 0 aliphatic heterocycles. The van der Waals surface area contributed by atoms with E-state index in [4.69, 9.17) is 11.1 Å². The molecule has 0 spiro atoms. The maximum atomic E-state index is 13.4. The van der Waals surface area contributed by atoms with Crippen molar-refractivity contribution in [2.75, 3.05) is 0 Å². The molecule has 0 unspecified atom stereocenters. The Bertz CT molecular complexity index is 1560. The van der Waals surface area contributed by atoms with Crippen molar-refractivity contribution in [1.29, 1.82) is 5.41 Å². The van der Waals surface area contributed by atoms with Crippen LogP contribution in [0.4, 0.5) is 0 Å². The number of hydrogen-bond donors (Lipinski definition) is 4. The number of aromatic nitrogens is 2. The first-order valence-corrected chi connectivity index (χ1v) is 12.5. The SMILES string of the molecule is Cc1nc2c(C(=O)c3ccc(-c4ccccc4S(=O)(=O)NC(C)(C)C)cc3)cc(C(=N)N)cc2[nH]1. The first kappa shape index (κ1) is 24.3. The zero-order valence-corrected chi connectivity index (χ0v) is 20.7. The fourth-order valence-electron chi connectivity index (χ4n) is 3.92. The molecule has 0 amide bonds. The van der Waals surface area contributed by atoms with Crippen molar-refractivity contribution in [3.63, 3.8) is 0 Å². The minimum atomic E-state index is -3.76. The zero-order chi connectivity index (χ0) is 25.5.